The summed E-state index contributed by atoms with van der Waals surface area (Å²) < 4.78 is 11.8. The van der Waals surface area contributed by atoms with Crippen LogP contribution in [-0.4, -0.2) is 36.1 Å². The lowest BCUT2D eigenvalue weighted by atomic mass is 9.82. The van der Waals surface area contributed by atoms with Crippen molar-refractivity contribution in [2.75, 3.05) is 13.2 Å². The number of hydrogen-bond donors (Lipinski definition) is 1. The molecule has 0 saturated heterocycles. The molecule has 4 atom stereocenters. The molecule has 0 aromatic heterocycles. The first-order valence-corrected chi connectivity index (χ1v) is 7.65. The Morgan fingerprint density at radius 3 is 2.05 bits per heavy atom. The Bertz CT molecular complexity index is 230. The molecule has 0 aliphatic carbocycles. The average Bonchev–Trinajstić information content (AvgIpc) is 2.35. The Kier molecular flexibility index (Phi) is 8.88. The van der Waals surface area contributed by atoms with Crippen LogP contribution in [0.1, 0.15) is 61.3 Å². The molecule has 116 valence electrons. The van der Waals surface area contributed by atoms with Crippen LogP contribution < -0.4 is 0 Å². The van der Waals surface area contributed by atoms with E-state index in [-0.39, 0.29) is 24.4 Å². The minimum atomic E-state index is -0.120. The van der Waals surface area contributed by atoms with Gasteiger partial charge in [-0.15, -0.1) is 0 Å². The first-order chi connectivity index (χ1) is 8.75. The van der Waals surface area contributed by atoms with Gasteiger partial charge in [0, 0.05) is 0 Å². The molecule has 0 radical (unpaired) electrons. The van der Waals surface area contributed by atoms with Gasteiger partial charge in [-0.25, -0.2) is 0 Å². The van der Waals surface area contributed by atoms with E-state index in [1.165, 1.54) is 6.42 Å². The maximum Gasteiger partial charge on any atom is 0.0788 e. The third kappa shape index (κ3) is 7.28. The maximum absolute atomic E-state index is 8.95. The summed E-state index contributed by atoms with van der Waals surface area (Å²) in [7, 11) is 0. The lowest BCUT2D eigenvalue weighted by Gasteiger charge is -2.38. The third-order valence-electron chi connectivity index (χ3n) is 4.01. The second-order valence-electron chi connectivity index (χ2n) is 6.44. The van der Waals surface area contributed by atoms with Crippen LogP contribution in [0.5, 0.6) is 0 Å². The number of aliphatic hydroxyl groups excluding tert-OH is 1. The van der Waals surface area contributed by atoms with Crippen molar-refractivity contribution >= 4 is 0 Å². The molecule has 19 heavy (non-hydrogen) atoms. The van der Waals surface area contributed by atoms with Gasteiger partial charge < -0.3 is 14.6 Å². The molecule has 1 N–H and O–H groups in total. The van der Waals surface area contributed by atoms with E-state index in [0.29, 0.717) is 18.4 Å². The Morgan fingerprint density at radius 1 is 1.05 bits per heavy atom. The van der Waals surface area contributed by atoms with Crippen molar-refractivity contribution < 1.29 is 14.6 Å². The highest BCUT2D eigenvalue weighted by Crippen LogP contribution is 2.31. The predicted octanol–water partition coefficient (Wildman–Crippen LogP) is 3.64. The van der Waals surface area contributed by atoms with Crippen molar-refractivity contribution in [3.8, 4) is 0 Å². The third-order valence-corrected chi connectivity index (χ3v) is 4.01. The van der Waals surface area contributed by atoms with Crippen LogP contribution in [0.3, 0.4) is 0 Å². The molecule has 0 fully saturated rings. The van der Waals surface area contributed by atoms with Crippen LogP contribution in [0.4, 0.5) is 0 Å². The fraction of sp³-hybridized carbons (Fsp3) is 1.00. The highest BCUT2D eigenvalue weighted by molar-refractivity contribution is 4.82. The molecular formula is C16H34O3. The van der Waals surface area contributed by atoms with Crippen LogP contribution in [0.2, 0.25) is 0 Å². The quantitative estimate of drug-likeness (QED) is 0.661. The average molecular weight is 274 g/mol. The topological polar surface area (TPSA) is 38.7 Å². The van der Waals surface area contributed by atoms with E-state index in [1.54, 1.807) is 0 Å². The Balaban J connectivity index is 4.40. The smallest absolute Gasteiger partial charge is 0.0788 e. The lowest BCUT2D eigenvalue weighted by Crippen LogP contribution is -2.41. The molecule has 0 heterocycles. The first-order valence-electron chi connectivity index (χ1n) is 7.65. The van der Waals surface area contributed by atoms with E-state index in [1.807, 2.05) is 13.8 Å². The second-order valence-corrected chi connectivity index (χ2v) is 6.44. The molecule has 0 aromatic carbocycles. The molecule has 3 nitrogen and oxygen atoms in total. The molecule has 0 aliphatic heterocycles. The molecular weight excluding hydrogens is 240 g/mol. The van der Waals surface area contributed by atoms with Crippen molar-refractivity contribution in [1.29, 1.82) is 0 Å². The zero-order valence-electron chi connectivity index (χ0n) is 13.9. The largest absolute Gasteiger partial charge is 0.394 e. The van der Waals surface area contributed by atoms with Crippen LogP contribution in [-0.2, 0) is 9.47 Å². The molecule has 0 bridgehead atoms. The maximum atomic E-state index is 8.95. The van der Waals surface area contributed by atoms with Crippen molar-refractivity contribution in [3.63, 3.8) is 0 Å². The minimum absolute atomic E-state index is 0.0467. The standard InChI is InChI=1S/C16H34O3/c1-8-13(4)9-16(7,12(2)3)19-15(6)11-18-14(5)10-17/h12-15,17H,8-11H2,1-7H3. The normalized spacial score (nSPS) is 20.1. The Labute approximate surface area is 119 Å². The van der Waals surface area contributed by atoms with E-state index >= 15 is 0 Å². The van der Waals surface area contributed by atoms with Crippen molar-refractivity contribution in [1.82, 2.24) is 0 Å². The van der Waals surface area contributed by atoms with E-state index in [9.17, 15) is 0 Å². The van der Waals surface area contributed by atoms with Gasteiger partial charge in [-0.05, 0) is 39.0 Å². The number of rotatable bonds is 10. The minimum Gasteiger partial charge on any atom is -0.394 e. The molecule has 0 spiro atoms. The van der Waals surface area contributed by atoms with Crippen LogP contribution in [0.25, 0.3) is 0 Å². The number of hydrogen-bond acceptors (Lipinski definition) is 3. The van der Waals surface area contributed by atoms with Gasteiger partial charge >= 0.3 is 0 Å². The SMILES string of the molecule is CCC(C)CC(C)(OC(C)COC(C)CO)C(C)C. The van der Waals surface area contributed by atoms with Crippen LogP contribution >= 0.6 is 0 Å². The van der Waals surface area contributed by atoms with Crippen molar-refractivity contribution in [3.05, 3.63) is 0 Å². The summed E-state index contributed by atoms with van der Waals surface area (Å²) in [4.78, 5) is 0. The molecule has 0 saturated carbocycles. The zero-order chi connectivity index (χ0) is 15.1. The highest BCUT2D eigenvalue weighted by atomic mass is 16.6. The summed E-state index contributed by atoms with van der Waals surface area (Å²) in [5, 5.41) is 8.95. The van der Waals surface area contributed by atoms with Gasteiger partial charge in [0.2, 0.25) is 0 Å². The van der Waals surface area contributed by atoms with Crippen LogP contribution in [0, 0.1) is 11.8 Å². The Hall–Kier alpha value is -0.120. The molecule has 4 unspecified atom stereocenters. The summed E-state index contributed by atoms with van der Waals surface area (Å²) in [6.45, 7) is 15.6. The molecule has 0 amide bonds. The predicted molar refractivity (Wildman–Crippen MR) is 80.4 cm³/mol. The number of aliphatic hydroxyl groups is 1. The summed E-state index contributed by atoms with van der Waals surface area (Å²) in [6.07, 6.45) is 2.18. The summed E-state index contributed by atoms with van der Waals surface area (Å²) in [6, 6.07) is 0. The molecule has 0 aromatic rings. The van der Waals surface area contributed by atoms with E-state index < -0.39 is 0 Å². The second kappa shape index (κ2) is 8.93. The van der Waals surface area contributed by atoms with Gasteiger partial charge in [-0.1, -0.05) is 34.1 Å². The van der Waals surface area contributed by atoms with Crippen molar-refractivity contribution in [2.45, 2.75) is 79.1 Å². The van der Waals surface area contributed by atoms with E-state index in [2.05, 4.69) is 34.6 Å². The lowest BCUT2D eigenvalue weighted by molar-refractivity contribution is -0.142. The molecule has 0 rings (SSSR count). The fourth-order valence-corrected chi connectivity index (χ4v) is 2.10. The molecule has 0 aliphatic rings. The van der Waals surface area contributed by atoms with E-state index in [4.69, 9.17) is 14.6 Å². The van der Waals surface area contributed by atoms with Crippen molar-refractivity contribution in [2.24, 2.45) is 11.8 Å². The highest BCUT2D eigenvalue weighted by Gasteiger charge is 2.32. The summed E-state index contributed by atoms with van der Waals surface area (Å²) in [5.41, 5.74) is -0.110. The van der Waals surface area contributed by atoms with E-state index in [0.717, 1.165) is 6.42 Å². The van der Waals surface area contributed by atoms with Crippen LogP contribution in [0.15, 0.2) is 0 Å². The van der Waals surface area contributed by atoms with Gasteiger partial charge in [0.15, 0.2) is 0 Å². The first kappa shape index (κ1) is 18.9. The monoisotopic (exact) mass is 274 g/mol. The van der Waals surface area contributed by atoms with Gasteiger partial charge in [0.25, 0.3) is 0 Å². The number of ether oxygens (including phenoxy) is 2. The summed E-state index contributed by atoms with van der Waals surface area (Å²) in [5.74, 6) is 1.14. The Morgan fingerprint density at radius 2 is 1.63 bits per heavy atom. The zero-order valence-corrected chi connectivity index (χ0v) is 13.9. The fourth-order valence-electron chi connectivity index (χ4n) is 2.10. The van der Waals surface area contributed by atoms with Gasteiger partial charge in [0.1, 0.15) is 0 Å². The summed E-state index contributed by atoms with van der Waals surface area (Å²) >= 11 is 0. The van der Waals surface area contributed by atoms with Gasteiger partial charge in [-0.2, -0.15) is 0 Å². The van der Waals surface area contributed by atoms with Gasteiger partial charge in [-0.3, -0.25) is 0 Å². The molecule has 3 heteroatoms. The van der Waals surface area contributed by atoms with Gasteiger partial charge in [0.05, 0.1) is 31.0 Å².